The number of benzene rings is 2. The second-order valence-corrected chi connectivity index (χ2v) is 7.19. The zero-order chi connectivity index (χ0) is 17.8. The van der Waals surface area contributed by atoms with Gasteiger partial charge in [-0.2, -0.15) is 0 Å². The van der Waals surface area contributed by atoms with Crippen LogP contribution in [0, 0.1) is 10.1 Å². The van der Waals surface area contributed by atoms with Crippen LogP contribution in [-0.2, 0) is 17.6 Å². The summed E-state index contributed by atoms with van der Waals surface area (Å²) in [7, 11) is 0. The lowest BCUT2D eigenvalue weighted by molar-refractivity contribution is -0.385. The van der Waals surface area contributed by atoms with Crippen LogP contribution in [0.1, 0.15) is 24.0 Å². The van der Waals surface area contributed by atoms with E-state index in [1.54, 1.807) is 18.2 Å². The number of hydrogen-bond acceptors (Lipinski definition) is 3. The largest absolute Gasteiger partial charge is 0.339 e. The molecule has 5 nitrogen and oxygen atoms in total. The Morgan fingerprint density at radius 2 is 1.92 bits per heavy atom. The van der Waals surface area contributed by atoms with E-state index in [9.17, 15) is 14.9 Å². The van der Waals surface area contributed by atoms with Crippen molar-refractivity contribution in [2.75, 3.05) is 6.54 Å². The Balaban J connectivity index is 1.71. The molecule has 0 radical (unpaired) electrons. The summed E-state index contributed by atoms with van der Waals surface area (Å²) in [5, 5.41) is 11.1. The van der Waals surface area contributed by atoms with Gasteiger partial charge in [-0.25, -0.2) is 0 Å². The molecular formula is C19H19BrN2O3. The van der Waals surface area contributed by atoms with Crippen molar-refractivity contribution in [3.8, 4) is 0 Å². The molecule has 1 unspecified atom stereocenters. The Hall–Kier alpha value is -2.21. The van der Waals surface area contributed by atoms with Crippen LogP contribution in [0.5, 0.6) is 0 Å². The summed E-state index contributed by atoms with van der Waals surface area (Å²) < 4.78 is 1.03. The molecule has 0 N–H and O–H groups in total. The monoisotopic (exact) mass is 402 g/mol. The van der Waals surface area contributed by atoms with Crippen LogP contribution < -0.4 is 0 Å². The molecule has 1 aliphatic rings. The molecule has 6 heteroatoms. The number of carbonyl (C=O) groups is 1. The summed E-state index contributed by atoms with van der Waals surface area (Å²) in [5.74, 6) is -0.0334. The standard InChI is InChI=1S/C19H19BrN2O3/c20-16-9-7-14(8-10-16)12-17-5-3-11-21(17)19(23)13-15-4-1-2-6-18(15)22(24)25/h1-2,4,6-10,17H,3,5,11-13H2. The minimum Gasteiger partial charge on any atom is -0.339 e. The predicted octanol–water partition coefficient (Wildman–Crippen LogP) is 4.13. The van der Waals surface area contributed by atoms with Gasteiger partial charge in [-0.05, 0) is 37.0 Å². The average Bonchev–Trinajstić information content (AvgIpc) is 3.05. The van der Waals surface area contributed by atoms with Crippen molar-refractivity contribution in [2.24, 2.45) is 0 Å². The molecule has 2 aromatic carbocycles. The second kappa shape index (κ2) is 7.78. The average molecular weight is 403 g/mol. The topological polar surface area (TPSA) is 63.4 Å². The molecule has 1 amide bonds. The highest BCUT2D eigenvalue weighted by Gasteiger charge is 2.29. The Bertz CT molecular complexity index is 776. The molecule has 0 aliphatic carbocycles. The summed E-state index contributed by atoms with van der Waals surface area (Å²) in [6, 6.07) is 14.8. The van der Waals surface area contributed by atoms with E-state index in [1.807, 2.05) is 17.0 Å². The first-order chi connectivity index (χ1) is 12.0. The molecular weight excluding hydrogens is 384 g/mol. The van der Waals surface area contributed by atoms with Crippen molar-refractivity contribution in [1.29, 1.82) is 0 Å². The molecule has 0 bridgehead atoms. The Morgan fingerprint density at radius 1 is 1.20 bits per heavy atom. The summed E-state index contributed by atoms with van der Waals surface area (Å²) >= 11 is 3.43. The third kappa shape index (κ3) is 4.25. The van der Waals surface area contributed by atoms with E-state index in [4.69, 9.17) is 0 Å². The number of nitro groups is 1. The van der Waals surface area contributed by atoms with Crippen LogP contribution in [-0.4, -0.2) is 28.3 Å². The van der Waals surface area contributed by atoms with Gasteiger partial charge in [0.15, 0.2) is 0 Å². The van der Waals surface area contributed by atoms with Crippen LogP contribution in [0.15, 0.2) is 53.0 Å². The van der Waals surface area contributed by atoms with Gasteiger partial charge in [-0.15, -0.1) is 0 Å². The van der Waals surface area contributed by atoms with Gasteiger partial charge in [0.2, 0.25) is 5.91 Å². The van der Waals surface area contributed by atoms with Gasteiger partial charge in [0.05, 0.1) is 11.3 Å². The van der Waals surface area contributed by atoms with Crippen molar-refractivity contribution < 1.29 is 9.72 Å². The first kappa shape index (κ1) is 17.6. The second-order valence-electron chi connectivity index (χ2n) is 6.28. The van der Waals surface area contributed by atoms with Crippen molar-refractivity contribution in [3.05, 3.63) is 74.2 Å². The SMILES string of the molecule is O=C(Cc1ccccc1[N+](=O)[O-])N1CCCC1Cc1ccc(Br)cc1. The normalized spacial score (nSPS) is 16.8. The number of nitro benzene ring substituents is 1. The molecule has 1 heterocycles. The molecule has 1 atom stereocenters. The predicted molar refractivity (Wildman–Crippen MR) is 99.4 cm³/mol. The molecule has 130 valence electrons. The fraction of sp³-hybridized carbons (Fsp3) is 0.316. The highest BCUT2D eigenvalue weighted by molar-refractivity contribution is 9.10. The number of likely N-dealkylation sites (tertiary alicyclic amines) is 1. The molecule has 0 saturated carbocycles. The molecule has 1 aliphatic heterocycles. The number of halogens is 1. The van der Waals surface area contributed by atoms with Gasteiger partial charge in [0, 0.05) is 28.7 Å². The molecule has 0 aromatic heterocycles. The van der Waals surface area contributed by atoms with E-state index in [2.05, 4.69) is 28.1 Å². The van der Waals surface area contributed by atoms with Crippen LogP contribution in [0.25, 0.3) is 0 Å². The van der Waals surface area contributed by atoms with Crippen LogP contribution in [0.3, 0.4) is 0 Å². The van der Waals surface area contributed by atoms with Gasteiger partial charge in [-0.1, -0.05) is 46.3 Å². The summed E-state index contributed by atoms with van der Waals surface area (Å²) in [6.45, 7) is 0.723. The van der Waals surface area contributed by atoms with Crippen molar-refractivity contribution in [3.63, 3.8) is 0 Å². The van der Waals surface area contributed by atoms with Gasteiger partial charge in [0.25, 0.3) is 5.69 Å². The number of hydrogen-bond donors (Lipinski definition) is 0. The number of rotatable bonds is 5. The molecule has 1 fully saturated rings. The molecule has 2 aromatic rings. The maximum atomic E-state index is 12.7. The van der Waals surface area contributed by atoms with Gasteiger partial charge >= 0.3 is 0 Å². The minimum absolute atomic E-state index is 0.0134. The third-order valence-corrected chi connectivity index (χ3v) is 5.14. The maximum absolute atomic E-state index is 12.7. The van der Waals surface area contributed by atoms with E-state index in [0.717, 1.165) is 30.3 Å². The summed E-state index contributed by atoms with van der Waals surface area (Å²) in [5.41, 5.74) is 1.69. The van der Waals surface area contributed by atoms with Gasteiger partial charge < -0.3 is 4.90 Å². The molecule has 3 rings (SSSR count). The van der Waals surface area contributed by atoms with Crippen molar-refractivity contribution >= 4 is 27.5 Å². The molecule has 1 saturated heterocycles. The van der Waals surface area contributed by atoms with E-state index >= 15 is 0 Å². The lowest BCUT2D eigenvalue weighted by Gasteiger charge is -2.25. The zero-order valence-electron chi connectivity index (χ0n) is 13.7. The maximum Gasteiger partial charge on any atom is 0.273 e. The lowest BCUT2D eigenvalue weighted by Crippen LogP contribution is -2.37. The lowest BCUT2D eigenvalue weighted by atomic mass is 10.0. The Morgan fingerprint density at radius 3 is 2.64 bits per heavy atom. The highest BCUT2D eigenvalue weighted by atomic mass is 79.9. The minimum atomic E-state index is -0.425. The number of nitrogens with zero attached hydrogens (tertiary/aromatic N) is 2. The van der Waals surface area contributed by atoms with E-state index in [0.29, 0.717) is 5.56 Å². The molecule has 25 heavy (non-hydrogen) atoms. The number of amides is 1. The summed E-state index contributed by atoms with van der Waals surface area (Å²) in [4.78, 5) is 25.3. The van der Waals surface area contributed by atoms with Gasteiger partial charge in [-0.3, -0.25) is 14.9 Å². The fourth-order valence-electron chi connectivity index (χ4n) is 3.37. The third-order valence-electron chi connectivity index (χ3n) is 4.61. The summed E-state index contributed by atoms with van der Waals surface area (Å²) in [6.07, 6.45) is 2.84. The van der Waals surface area contributed by atoms with Crippen LogP contribution in [0.2, 0.25) is 0 Å². The molecule has 0 spiro atoms. The first-order valence-electron chi connectivity index (χ1n) is 8.31. The van der Waals surface area contributed by atoms with Crippen molar-refractivity contribution in [1.82, 2.24) is 4.90 Å². The van der Waals surface area contributed by atoms with E-state index in [1.165, 1.54) is 11.6 Å². The van der Waals surface area contributed by atoms with Crippen LogP contribution >= 0.6 is 15.9 Å². The zero-order valence-corrected chi connectivity index (χ0v) is 15.3. The Kier molecular flexibility index (Phi) is 5.48. The highest BCUT2D eigenvalue weighted by Crippen LogP contribution is 2.25. The number of carbonyl (C=O) groups excluding carboxylic acids is 1. The van der Waals surface area contributed by atoms with E-state index < -0.39 is 4.92 Å². The van der Waals surface area contributed by atoms with Gasteiger partial charge in [0.1, 0.15) is 0 Å². The quantitative estimate of drug-likeness (QED) is 0.557. The smallest absolute Gasteiger partial charge is 0.273 e. The van der Waals surface area contributed by atoms with E-state index in [-0.39, 0.29) is 24.1 Å². The number of para-hydroxylation sites is 1. The van der Waals surface area contributed by atoms with Crippen molar-refractivity contribution in [2.45, 2.75) is 31.7 Å². The fourth-order valence-corrected chi connectivity index (χ4v) is 3.64. The van der Waals surface area contributed by atoms with Crippen LogP contribution in [0.4, 0.5) is 5.69 Å². The first-order valence-corrected chi connectivity index (χ1v) is 9.10. The Labute approximate surface area is 154 Å².